The number of urea groups is 1. The van der Waals surface area contributed by atoms with Crippen molar-refractivity contribution >= 4 is 23.7 Å². The van der Waals surface area contributed by atoms with Crippen LogP contribution in [0.2, 0.25) is 5.02 Å². The minimum absolute atomic E-state index is 0.142. The van der Waals surface area contributed by atoms with Crippen molar-refractivity contribution in [3.63, 3.8) is 0 Å². The second kappa shape index (κ2) is 15.0. The zero-order valence-corrected chi connectivity index (χ0v) is 20.0. The molecule has 2 rings (SSSR count). The third-order valence-electron chi connectivity index (χ3n) is 6.02. The van der Waals surface area contributed by atoms with E-state index in [4.69, 9.17) is 21.4 Å². The lowest BCUT2D eigenvalue weighted by Crippen LogP contribution is -2.48. The van der Waals surface area contributed by atoms with Gasteiger partial charge in [0.15, 0.2) is 0 Å². The Kier molecular flexibility index (Phi) is 12.3. The summed E-state index contributed by atoms with van der Waals surface area (Å²) >= 11 is 6.17. The first kappa shape index (κ1) is 27.2. The summed E-state index contributed by atoms with van der Waals surface area (Å²) in [6.45, 7) is 2.66. The number of nitrogens with zero attached hydrogens (tertiary/aromatic N) is 1. The van der Waals surface area contributed by atoms with E-state index in [1.165, 1.54) is 0 Å². The van der Waals surface area contributed by atoms with E-state index in [-0.39, 0.29) is 24.5 Å². The van der Waals surface area contributed by atoms with Gasteiger partial charge in [0, 0.05) is 51.0 Å². The molecule has 9 nitrogen and oxygen atoms in total. The lowest BCUT2D eigenvalue weighted by Gasteiger charge is -2.29. The fourth-order valence-electron chi connectivity index (χ4n) is 4.22. The largest absolute Gasteiger partial charge is 0.465 e. The van der Waals surface area contributed by atoms with Gasteiger partial charge in [0.1, 0.15) is 0 Å². The molecule has 0 aromatic heterocycles. The number of carbonyl (C=O) groups excluding carboxylic acids is 1. The zero-order valence-electron chi connectivity index (χ0n) is 19.3. The monoisotopic (exact) mass is 484 g/mol. The van der Waals surface area contributed by atoms with Crippen LogP contribution in [0.25, 0.3) is 0 Å². The van der Waals surface area contributed by atoms with Crippen molar-refractivity contribution in [2.75, 3.05) is 39.9 Å². The Labute approximate surface area is 200 Å². The fourth-order valence-corrected chi connectivity index (χ4v) is 4.42. The van der Waals surface area contributed by atoms with Crippen LogP contribution in [0.15, 0.2) is 24.3 Å². The molecule has 0 aliphatic carbocycles. The molecule has 1 fully saturated rings. The molecule has 5 N–H and O–H groups in total. The topological polar surface area (TPSA) is 123 Å². The highest BCUT2D eigenvalue weighted by Crippen LogP contribution is 2.27. The first-order valence-corrected chi connectivity index (χ1v) is 12.0. The standard InChI is InChI=1S/C23H37ClN4O5/c1-28(22(29)27-21(15-26-32)13-17-5-4-12-33-16-17)11-9-18(7-3-10-25-23(30)31)19-6-2-8-20(24)14-19/h2,6,8,14,17-18,21,25-26,32H,3-5,7,9-13,15-16H2,1H3,(H,27,29)(H,30,31)/t17-,18-,21+/m1/s1. The lowest BCUT2D eigenvalue weighted by atomic mass is 9.91. The van der Waals surface area contributed by atoms with Gasteiger partial charge in [0.25, 0.3) is 0 Å². The molecule has 0 bridgehead atoms. The van der Waals surface area contributed by atoms with Gasteiger partial charge in [0.05, 0.1) is 0 Å². The van der Waals surface area contributed by atoms with Crippen molar-refractivity contribution < 1.29 is 24.6 Å². The van der Waals surface area contributed by atoms with Gasteiger partial charge in [-0.15, -0.1) is 0 Å². The number of rotatable bonds is 13. The maximum atomic E-state index is 12.8. The highest BCUT2D eigenvalue weighted by Gasteiger charge is 2.22. The molecule has 3 atom stereocenters. The maximum absolute atomic E-state index is 12.8. The average Bonchev–Trinajstić information content (AvgIpc) is 2.79. The van der Waals surface area contributed by atoms with E-state index in [0.29, 0.717) is 37.1 Å². The first-order chi connectivity index (χ1) is 15.9. The SMILES string of the molecule is CN(CC[C@@H](CCCNC(=O)O)c1cccc(Cl)c1)C(=O)N[C@H](CNO)C[C@H]1CCCOC1. The normalized spacial score (nSPS) is 17.7. The van der Waals surface area contributed by atoms with Crippen molar-refractivity contribution in [2.24, 2.45) is 5.92 Å². The number of hydrogen-bond donors (Lipinski definition) is 5. The molecule has 0 radical (unpaired) electrons. The summed E-state index contributed by atoms with van der Waals surface area (Å²) < 4.78 is 5.53. The lowest BCUT2D eigenvalue weighted by molar-refractivity contribution is 0.0452. The van der Waals surface area contributed by atoms with E-state index in [0.717, 1.165) is 44.3 Å². The Morgan fingerprint density at radius 1 is 1.33 bits per heavy atom. The van der Waals surface area contributed by atoms with Gasteiger partial charge in [-0.3, -0.25) is 0 Å². The Balaban J connectivity index is 1.89. The molecule has 33 heavy (non-hydrogen) atoms. The Hall–Kier alpha value is -2.07. The molecule has 0 unspecified atom stereocenters. The molecule has 1 saturated heterocycles. The van der Waals surface area contributed by atoms with Gasteiger partial charge >= 0.3 is 12.1 Å². The zero-order chi connectivity index (χ0) is 24.1. The van der Waals surface area contributed by atoms with Crippen molar-refractivity contribution in [1.29, 1.82) is 0 Å². The molecule has 3 amide bonds. The third kappa shape index (κ3) is 10.6. The molecule has 1 aromatic carbocycles. The number of halogens is 1. The summed E-state index contributed by atoms with van der Waals surface area (Å²) in [7, 11) is 1.75. The number of amides is 3. The summed E-state index contributed by atoms with van der Waals surface area (Å²) in [6.07, 6.45) is 3.97. The van der Waals surface area contributed by atoms with E-state index in [2.05, 4.69) is 16.1 Å². The molecule has 186 valence electrons. The van der Waals surface area contributed by atoms with Crippen LogP contribution < -0.4 is 16.1 Å². The number of benzene rings is 1. The van der Waals surface area contributed by atoms with E-state index in [9.17, 15) is 14.8 Å². The molecule has 0 saturated carbocycles. The summed E-state index contributed by atoms with van der Waals surface area (Å²) in [4.78, 5) is 25.1. The minimum atomic E-state index is -1.03. The van der Waals surface area contributed by atoms with Crippen LogP contribution in [-0.2, 0) is 4.74 Å². The van der Waals surface area contributed by atoms with Crippen molar-refractivity contribution in [2.45, 2.75) is 50.5 Å². The van der Waals surface area contributed by atoms with Crippen LogP contribution >= 0.6 is 11.6 Å². The minimum Gasteiger partial charge on any atom is -0.465 e. The fraction of sp³-hybridized carbons (Fsp3) is 0.652. The molecule has 1 heterocycles. The number of ether oxygens (including phenoxy) is 1. The van der Waals surface area contributed by atoms with Crippen LogP contribution in [0, 0.1) is 5.92 Å². The van der Waals surface area contributed by atoms with Gasteiger partial charge in [-0.05, 0) is 68.1 Å². The van der Waals surface area contributed by atoms with E-state index in [1.54, 1.807) is 11.9 Å². The average molecular weight is 485 g/mol. The van der Waals surface area contributed by atoms with Crippen LogP contribution in [0.4, 0.5) is 9.59 Å². The molecular formula is C23H37ClN4O5. The maximum Gasteiger partial charge on any atom is 0.404 e. The predicted octanol–water partition coefficient (Wildman–Crippen LogP) is 3.67. The van der Waals surface area contributed by atoms with Gasteiger partial charge in [0.2, 0.25) is 0 Å². The van der Waals surface area contributed by atoms with Crippen LogP contribution in [-0.4, -0.2) is 73.3 Å². The molecule has 1 aliphatic heterocycles. The molecule has 0 spiro atoms. The number of nitrogens with one attached hydrogen (secondary N) is 3. The second-order valence-corrected chi connectivity index (χ2v) is 9.10. The van der Waals surface area contributed by atoms with E-state index < -0.39 is 6.09 Å². The summed E-state index contributed by atoms with van der Waals surface area (Å²) in [6, 6.07) is 7.27. The van der Waals surface area contributed by atoms with Gasteiger partial charge in [-0.25, -0.2) is 15.1 Å². The summed E-state index contributed by atoms with van der Waals surface area (Å²) in [5, 5.41) is 24.0. The van der Waals surface area contributed by atoms with Gasteiger partial charge < -0.3 is 30.6 Å². The number of hydroxylamine groups is 1. The molecule has 1 aliphatic rings. The highest BCUT2D eigenvalue weighted by molar-refractivity contribution is 6.30. The van der Waals surface area contributed by atoms with E-state index >= 15 is 0 Å². The third-order valence-corrected chi connectivity index (χ3v) is 6.26. The van der Waals surface area contributed by atoms with Crippen LogP contribution in [0.5, 0.6) is 0 Å². The molecular weight excluding hydrogens is 448 g/mol. The summed E-state index contributed by atoms with van der Waals surface area (Å²) in [5.41, 5.74) is 3.26. The van der Waals surface area contributed by atoms with Crippen molar-refractivity contribution in [3.8, 4) is 0 Å². The van der Waals surface area contributed by atoms with Gasteiger partial charge in [-0.1, -0.05) is 23.7 Å². The Morgan fingerprint density at radius 2 is 2.15 bits per heavy atom. The molecule has 10 heteroatoms. The smallest absolute Gasteiger partial charge is 0.404 e. The van der Waals surface area contributed by atoms with Crippen LogP contribution in [0.1, 0.15) is 50.0 Å². The Morgan fingerprint density at radius 3 is 2.82 bits per heavy atom. The number of hydrogen-bond acceptors (Lipinski definition) is 5. The first-order valence-electron chi connectivity index (χ1n) is 11.6. The number of carbonyl (C=O) groups is 2. The van der Waals surface area contributed by atoms with E-state index in [1.807, 2.05) is 24.3 Å². The predicted molar refractivity (Wildman–Crippen MR) is 127 cm³/mol. The summed E-state index contributed by atoms with van der Waals surface area (Å²) in [5.74, 6) is 0.512. The van der Waals surface area contributed by atoms with Crippen LogP contribution in [0.3, 0.4) is 0 Å². The number of carboxylic acid groups (broad SMARTS) is 1. The highest BCUT2D eigenvalue weighted by atomic mass is 35.5. The van der Waals surface area contributed by atoms with Crippen molar-refractivity contribution in [1.82, 2.24) is 21.0 Å². The van der Waals surface area contributed by atoms with Gasteiger partial charge in [-0.2, -0.15) is 0 Å². The quantitative estimate of drug-likeness (QED) is 0.215. The van der Waals surface area contributed by atoms with Crippen molar-refractivity contribution in [3.05, 3.63) is 34.9 Å². The molecule has 1 aromatic rings. The Bertz CT molecular complexity index is 733. The second-order valence-electron chi connectivity index (χ2n) is 8.66.